The van der Waals surface area contributed by atoms with E-state index >= 15 is 0 Å². The zero-order valence-corrected chi connectivity index (χ0v) is 12.3. The van der Waals surface area contributed by atoms with Crippen molar-refractivity contribution in [3.05, 3.63) is 29.8 Å². The van der Waals surface area contributed by atoms with Crippen LogP contribution in [0.1, 0.15) is 32.3 Å². The predicted molar refractivity (Wildman–Crippen MR) is 77.9 cm³/mol. The highest BCUT2D eigenvalue weighted by Gasteiger charge is 2.12. The summed E-state index contributed by atoms with van der Waals surface area (Å²) in [6.45, 7) is 6.43. The monoisotopic (exact) mass is 284 g/mol. The predicted octanol–water partition coefficient (Wildman–Crippen LogP) is 3.07. The van der Waals surface area contributed by atoms with E-state index in [-0.39, 0.29) is 6.03 Å². The van der Waals surface area contributed by atoms with Crippen molar-refractivity contribution in [2.24, 2.45) is 0 Å². The van der Waals surface area contributed by atoms with Crippen LogP contribution in [-0.2, 0) is 0 Å². The zero-order chi connectivity index (χ0) is 14.3. The molecule has 0 heterocycles. The third-order valence-corrected chi connectivity index (χ3v) is 2.75. The Bertz CT molecular complexity index is 410. The van der Waals surface area contributed by atoms with Gasteiger partial charge in [-0.3, -0.25) is 0 Å². The summed E-state index contributed by atoms with van der Waals surface area (Å²) in [7, 11) is 0. The SMILES string of the molecule is CC(NC(=O)NCCCl)Oc1ccccc1C(C)C. The van der Waals surface area contributed by atoms with Gasteiger partial charge < -0.3 is 15.4 Å². The highest BCUT2D eigenvalue weighted by Crippen LogP contribution is 2.26. The Hall–Kier alpha value is -1.42. The van der Waals surface area contributed by atoms with Crippen molar-refractivity contribution < 1.29 is 9.53 Å². The van der Waals surface area contributed by atoms with Gasteiger partial charge in [0, 0.05) is 12.4 Å². The maximum Gasteiger partial charge on any atom is 0.317 e. The summed E-state index contributed by atoms with van der Waals surface area (Å²) in [5, 5.41) is 5.32. The van der Waals surface area contributed by atoms with E-state index in [4.69, 9.17) is 16.3 Å². The molecule has 0 aliphatic heterocycles. The van der Waals surface area contributed by atoms with Crippen molar-refractivity contribution in [1.82, 2.24) is 10.6 Å². The maximum atomic E-state index is 11.5. The molecule has 1 aromatic carbocycles. The zero-order valence-electron chi connectivity index (χ0n) is 11.6. The van der Waals surface area contributed by atoms with E-state index in [1.54, 1.807) is 6.92 Å². The smallest absolute Gasteiger partial charge is 0.317 e. The molecule has 0 aromatic heterocycles. The number of carbonyl (C=O) groups excluding carboxylic acids is 1. The first-order valence-corrected chi connectivity index (χ1v) is 6.94. The van der Waals surface area contributed by atoms with Crippen LogP contribution in [-0.4, -0.2) is 24.7 Å². The van der Waals surface area contributed by atoms with Crippen molar-refractivity contribution in [3.8, 4) is 5.75 Å². The largest absolute Gasteiger partial charge is 0.471 e. The summed E-state index contributed by atoms with van der Waals surface area (Å²) in [6, 6.07) is 7.55. The fourth-order valence-corrected chi connectivity index (χ4v) is 1.78. The lowest BCUT2D eigenvalue weighted by atomic mass is 10.0. The average Bonchev–Trinajstić information content (AvgIpc) is 2.36. The lowest BCUT2D eigenvalue weighted by molar-refractivity contribution is 0.176. The van der Waals surface area contributed by atoms with Crippen LogP contribution in [0.5, 0.6) is 5.75 Å². The number of urea groups is 1. The van der Waals surface area contributed by atoms with Crippen LogP contribution in [0.15, 0.2) is 24.3 Å². The Morgan fingerprint density at radius 3 is 2.63 bits per heavy atom. The summed E-state index contributed by atoms with van der Waals surface area (Å²) in [5.74, 6) is 1.55. The summed E-state index contributed by atoms with van der Waals surface area (Å²) in [6.07, 6.45) is -0.407. The number of hydrogen-bond donors (Lipinski definition) is 2. The van der Waals surface area contributed by atoms with E-state index in [2.05, 4.69) is 24.5 Å². The first-order chi connectivity index (χ1) is 9.04. The van der Waals surface area contributed by atoms with Gasteiger partial charge in [-0.15, -0.1) is 11.6 Å². The van der Waals surface area contributed by atoms with Crippen LogP contribution in [0.25, 0.3) is 0 Å². The fourth-order valence-electron chi connectivity index (χ4n) is 1.68. The fraction of sp³-hybridized carbons (Fsp3) is 0.500. The highest BCUT2D eigenvalue weighted by molar-refractivity contribution is 6.18. The highest BCUT2D eigenvalue weighted by atomic mass is 35.5. The van der Waals surface area contributed by atoms with Gasteiger partial charge in [-0.1, -0.05) is 32.0 Å². The summed E-state index contributed by atoms with van der Waals surface area (Å²) >= 11 is 5.49. The first kappa shape index (κ1) is 15.6. The topological polar surface area (TPSA) is 50.4 Å². The van der Waals surface area contributed by atoms with Gasteiger partial charge >= 0.3 is 6.03 Å². The molecule has 0 saturated carbocycles. The van der Waals surface area contributed by atoms with Gasteiger partial charge in [0.15, 0.2) is 6.23 Å². The molecule has 2 N–H and O–H groups in total. The molecule has 0 spiro atoms. The number of ether oxygens (including phenoxy) is 1. The Balaban J connectivity index is 2.57. The van der Waals surface area contributed by atoms with Gasteiger partial charge in [0.25, 0.3) is 0 Å². The minimum Gasteiger partial charge on any atom is -0.471 e. The van der Waals surface area contributed by atoms with Crippen molar-refractivity contribution in [3.63, 3.8) is 0 Å². The van der Waals surface area contributed by atoms with Crippen LogP contribution >= 0.6 is 11.6 Å². The van der Waals surface area contributed by atoms with E-state index in [1.165, 1.54) is 0 Å². The summed E-state index contributed by atoms with van der Waals surface area (Å²) in [5.41, 5.74) is 1.12. The molecular weight excluding hydrogens is 264 g/mol. The van der Waals surface area contributed by atoms with Crippen molar-refractivity contribution in [2.75, 3.05) is 12.4 Å². The van der Waals surface area contributed by atoms with Crippen molar-refractivity contribution >= 4 is 17.6 Å². The number of halogens is 1. The van der Waals surface area contributed by atoms with Crippen LogP contribution in [0, 0.1) is 0 Å². The third-order valence-electron chi connectivity index (χ3n) is 2.56. The molecule has 0 saturated heterocycles. The minimum atomic E-state index is -0.407. The average molecular weight is 285 g/mol. The number of amides is 2. The molecule has 106 valence electrons. The first-order valence-electron chi connectivity index (χ1n) is 6.40. The summed E-state index contributed by atoms with van der Waals surface area (Å²) < 4.78 is 5.75. The minimum absolute atomic E-state index is 0.282. The van der Waals surface area contributed by atoms with Gasteiger partial charge in [0.1, 0.15) is 5.75 Å². The normalized spacial score (nSPS) is 12.1. The van der Waals surface area contributed by atoms with E-state index in [0.29, 0.717) is 18.3 Å². The van der Waals surface area contributed by atoms with Gasteiger partial charge in [-0.2, -0.15) is 0 Å². The third kappa shape index (κ3) is 5.39. The maximum absolute atomic E-state index is 11.5. The lowest BCUT2D eigenvalue weighted by Crippen LogP contribution is -2.43. The number of nitrogens with one attached hydrogen (secondary N) is 2. The van der Waals surface area contributed by atoms with Crippen LogP contribution in [0.3, 0.4) is 0 Å². The Kier molecular flexibility index (Phi) is 6.50. The Labute approximate surface area is 119 Å². The summed E-state index contributed by atoms with van der Waals surface area (Å²) in [4.78, 5) is 11.5. The second-order valence-corrected chi connectivity index (χ2v) is 4.92. The lowest BCUT2D eigenvalue weighted by Gasteiger charge is -2.20. The van der Waals surface area contributed by atoms with Crippen molar-refractivity contribution in [2.45, 2.75) is 32.9 Å². The molecule has 2 amide bonds. The number of para-hydroxylation sites is 1. The Morgan fingerprint density at radius 1 is 1.32 bits per heavy atom. The number of benzene rings is 1. The van der Waals surface area contributed by atoms with E-state index in [9.17, 15) is 4.79 Å². The molecule has 1 atom stereocenters. The molecule has 0 fully saturated rings. The molecule has 1 rings (SSSR count). The van der Waals surface area contributed by atoms with Crippen LogP contribution in [0.4, 0.5) is 4.79 Å². The molecule has 0 aliphatic rings. The van der Waals surface area contributed by atoms with Gasteiger partial charge in [-0.05, 0) is 24.5 Å². The van der Waals surface area contributed by atoms with Crippen LogP contribution < -0.4 is 15.4 Å². The second-order valence-electron chi connectivity index (χ2n) is 4.54. The van der Waals surface area contributed by atoms with Crippen molar-refractivity contribution in [1.29, 1.82) is 0 Å². The number of alkyl halides is 1. The Morgan fingerprint density at radius 2 is 2.00 bits per heavy atom. The van der Waals surface area contributed by atoms with Gasteiger partial charge in [-0.25, -0.2) is 4.79 Å². The molecule has 4 nitrogen and oxygen atoms in total. The van der Waals surface area contributed by atoms with Gasteiger partial charge in [0.05, 0.1) is 0 Å². The van der Waals surface area contributed by atoms with E-state index < -0.39 is 6.23 Å². The molecule has 5 heteroatoms. The van der Waals surface area contributed by atoms with Gasteiger partial charge in [0.2, 0.25) is 0 Å². The quantitative estimate of drug-likeness (QED) is 0.623. The number of hydrogen-bond acceptors (Lipinski definition) is 2. The van der Waals surface area contributed by atoms with E-state index in [1.807, 2.05) is 24.3 Å². The van der Waals surface area contributed by atoms with Crippen LogP contribution in [0.2, 0.25) is 0 Å². The molecule has 0 radical (unpaired) electrons. The standard InChI is InChI=1S/C14H21ClN2O2/c1-10(2)12-6-4-5-7-13(12)19-11(3)17-14(18)16-9-8-15/h4-7,10-11H,8-9H2,1-3H3,(H2,16,17,18). The molecule has 1 unspecified atom stereocenters. The molecule has 0 bridgehead atoms. The molecular formula is C14H21ClN2O2. The number of carbonyl (C=O) groups is 1. The number of rotatable bonds is 6. The molecule has 0 aliphatic carbocycles. The van der Waals surface area contributed by atoms with E-state index in [0.717, 1.165) is 11.3 Å². The molecule has 1 aromatic rings. The second kappa shape index (κ2) is 7.89. The molecule has 19 heavy (non-hydrogen) atoms.